The van der Waals surface area contributed by atoms with E-state index in [1.807, 2.05) is 13.8 Å². The fraction of sp³-hybridized carbons (Fsp3) is 0.842. The van der Waals surface area contributed by atoms with Crippen LogP contribution in [0.1, 0.15) is 65.7 Å². The van der Waals surface area contributed by atoms with Crippen LogP contribution in [0.2, 0.25) is 0 Å². The van der Waals surface area contributed by atoms with Crippen molar-refractivity contribution in [3.05, 3.63) is 0 Å². The van der Waals surface area contributed by atoms with Gasteiger partial charge in [0.15, 0.2) is 0 Å². The zero-order chi connectivity index (χ0) is 19.2. The summed E-state index contributed by atoms with van der Waals surface area (Å²) in [4.78, 5) is 40.6. The van der Waals surface area contributed by atoms with Crippen molar-refractivity contribution >= 4 is 17.8 Å². The van der Waals surface area contributed by atoms with Gasteiger partial charge in [0.2, 0.25) is 5.91 Å². The van der Waals surface area contributed by atoms with Crippen LogP contribution >= 0.6 is 0 Å². The predicted molar refractivity (Wildman–Crippen MR) is 101 cm³/mol. The summed E-state index contributed by atoms with van der Waals surface area (Å²) in [5.41, 5.74) is -0.850. The van der Waals surface area contributed by atoms with Gasteiger partial charge in [-0.2, -0.15) is 0 Å². The molecular formula is C19H34N4O3. The van der Waals surface area contributed by atoms with Crippen molar-refractivity contribution in [3.8, 4) is 0 Å². The molecule has 2 N–H and O–H groups in total. The average molecular weight is 367 g/mol. The van der Waals surface area contributed by atoms with Crippen molar-refractivity contribution < 1.29 is 14.4 Å². The maximum atomic E-state index is 12.6. The number of hydrogen-bond donors (Lipinski definition) is 2. The highest BCUT2D eigenvalue weighted by molar-refractivity contribution is 6.08. The third kappa shape index (κ3) is 4.55. The lowest BCUT2D eigenvalue weighted by Crippen LogP contribution is -2.49. The molecule has 2 heterocycles. The van der Waals surface area contributed by atoms with Crippen molar-refractivity contribution in [2.45, 2.75) is 77.3 Å². The Morgan fingerprint density at radius 2 is 1.96 bits per heavy atom. The third-order valence-electron chi connectivity index (χ3n) is 5.84. The standard InChI is InChI=1S/C19H34N4O3/c1-4-7-11-22-12-9-8-10-15(22)13-20-16(24)14-23-17(25)19(5-2,6-3)21-18(23)26/h15H,4-14H2,1-3H3,(H,20,24)(H,21,26). The Balaban J connectivity index is 1.86. The Morgan fingerprint density at radius 1 is 1.23 bits per heavy atom. The number of piperidine rings is 1. The first kappa shape index (κ1) is 20.7. The molecule has 0 spiro atoms. The molecular weight excluding hydrogens is 332 g/mol. The minimum absolute atomic E-state index is 0.200. The molecule has 0 aliphatic carbocycles. The summed E-state index contributed by atoms with van der Waals surface area (Å²) < 4.78 is 0. The Bertz CT molecular complexity index is 519. The van der Waals surface area contributed by atoms with E-state index in [0.29, 0.717) is 25.4 Å². The molecule has 0 aromatic carbocycles. The largest absolute Gasteiger partial charge is 0.353 e. The van der Waals surface area contributed by atoms with E-state index in [9.17, 15) is 14.4 Å². The van der Waals surface area contributed by atoms with E-state index in [4.69, 9.17) is 0 Å². The molecule has 0 aromatic rings. The lowest BCUT2D eigenvalue weighted by molar-refractivity contribution is -0.135. The molecule has 2 aliphatic heterocycles. The molecule has 26 heavy (non-hydrogen) atoms. The highest BCUT2D eigenvalue weighted by Crippen LogP contribution is 2.24. The maximum absolute atomic E-state index is 12.6. The van der Waals surface area contributed by atoms with Crippen LogP contribution in [0, 0.1) is 0 Å². The number of urea groups is 1. The van der Waals surface area contributed by atoms with Gasteiger partial charge in [-0.25, -0.2) is 4.79 Å². The fourth-order valence-electron chi connectivity index (χ4n) is 3.93. The van der Waals surface area contributed by atoms with Crippen LogP contribution in [-0.4, -0.2) is 65.4 Å². The van der Waals surface area contributed by atoms with Crippen molar-refractivity contribution in [2.75, 3.05) is 26.2 Å². The molecule has 0 radical (unpaired) electrons. The van der Waals surface area contributed by atoms with Gasteiger partial charge >= 0.3 is 6.03 Å². The van der Waals surface area contributed by atoms with Crippen molar-refractivity contribution in [3.63, 3.8) is 0 Å². The summed E-state index contributed by atoms with van der Waals surface area (Å²) >= 11 is 0. The van der Waals surface area contributed by atoms with Crippen LogP contribution in [0.4, 0.5) is 4.79 Å². The second-order valence-corrected chi connectivity index (χ2v) is 7.45. The molecule has 148 valence electrons. The van der Waals surface area contributed by atoms with E-state index in [0.717, 1.165) is 24.4 Å². The first-order valence-electron chi connectivity index (χ1n) is 10.1. The van der Waals surface area contributed by atoms with Crippen molar-refractivity contribution in [1.29, 1.82) is 0 Å². The summed E-state index contributed by atoms with van der Waals surface area (Å²) in [6.07, 6.45) is 6.88. The van der Waals surface area contributed by atoms with Gasteiger partial charge in [0.05, 0.1) is 0 Å². The normalized spacial score (nSPS) is 23.2. The minimum atomic E-state index is -0.850. The minimum Gasteiger partial charge on any atom is -0.353 e. The van der Waals surface area contributed by atoms with Crippen molar-refractivity contribution in [2.24, 2.45) is 0 Å². The Morgan fingerprint density at radius 3 is 2.58 bits per heavy atom. The molecule has 0 bridgehead atoms. The van der Waals surface area contributed by atoms with Gasteiger partial charge in [-0.05, 0) is 45.2 Å². The number of unbranched alkanes of at least 4 members (excludes halogenated alkanes) is 1. The molecule has 7 heteroatoms. The highest BCUT2D eigenvalue weighted by Gasteiger charge is 2.49. The summed E-state index contributed by atoms with van der Waals surface area (Å²) in [6.45, 7) is 8.47. The third-order valence-corrected chi connectivity index (χ3v) is 5.84. The Labute approximate surface area is 156 Å². The van der Waals surface area contributed by atoms with Gasteiger partial charge in [0, 0.05) is 12.6 Å². The predicted octanol–water partition coefficient (Wildman–Crippen LogP) is 1.87. The van der Waals surface area contributed by atoms with Crippen LogP contribution in [0.15, 0.2) is 0 Å². The zero-order valence-electron chi connectivity index (χ0n) is 16.5. The zero-order valence-corrected chi connectivity index (χ0v) is 16.5. The molecule has 2 aliphatic rings. The SMILES string of the molecule is CCCCN1CCCCC1CNC(=O)CN1C(=O)NC(CC)(CC)C1=O. The first-order chi connectivity index (χ1) is 12.5. The number of likely N-dealkylation sites (tertiary alicyclic amines) is 1. The van der Waals surface area contributed by atoms with Gasteiger partial charge in [0.1, 0.15) is 12.1 Å². The number of nitrogens with one attached hydrogen (secondary N) is 2. The lowest BCUT2D eigenvalue weighted by atomic mass is 9.93. The summed E-state index contributed by atoms with van der Waals surface area (Å²) in [5, 5.41) is 5.69. The van der Waals surface area contributed by atoms with Crippen LogP contribution < -0.4 is 10.6 Å². The van der Waals surface area contributed by atoms with Gasteiger partial charge < -0.3 is 10.6 Å². The smallest absolute Gasteiger partial charge is 0.325 e. The van der Waals surface area contributed by atoms with Crippen molar-refractivity contribution in [1.82, 2.24) is 20.4 Å². The van der Waals surface area contributed by atoms with Gasteiger partial charge in [-0.3, -0.25) is 19.4 Å². The number of amides is 4. The maximum Gasteiger partial charge on any atom is 0.325 e. The molecule has 0 saturated carbocycles. The topological polar surface area (TPSA) is 81.8 Å². The van der Waals surface area contributed by atoms with E-state index in [1.54, 1.807) is 0 Å². The number of rotatable bonds is 9. The Kier molecular flexibility index (Phi) is 7.43. The monoisotopic (exact) mass is 366 g/mol. The molecule has 0 aromatic heterocycles. The Hall–Kier alpha value is -1.63. The summed E-state index contributed by atoms with van der Waals surface area (Å²) in [5.74, 6) is -0.553. The van der Waals surface area contributed by atoms with E-state index >= 15 is 0 Å². The lowest BCUT2D eigenvalue weighted by Gasteiger charge is -2.35. The molecule has 7 nitrogen and oxygen atoms in total. The second kappa shape index (κ2) is 9.35. The molecule has 1 unspecified atom stereocenters. The van der Waals surface area contributed by atoms with E-state index in [1.165, 1.54) is 25.7 Å². The summed E-state index contributed by atoms with van der Waals surface area (Å²) in [7, 11) is 0. The van der Waals surface area contributed by atoms with Crippen LogP contribution in [0.5, 0.6) is 0 Å². The fourth-order valence-corrected chi connectivity index (χ4v) is 3.93. The molecule has 2 rings (SSSR count). The summed E-state index contributed by atoms with van der Waals surface area (Å²) in [6, 6.07) is -0.108. The molecule has 2 saturated heterocycles. The molecule has 4 amide bonds. The van der Waals surface area contributed by atoms with Gasteiger partial charge in [-0.15, -0.1) is 0 Å². The average Bonchev–Trinajstić information content (AvgIpc) is 2.90. The van der Waals surface area contributed by atoms with Crippen LogP contribution in [-0.2, 0) is 9.59 Å². The number of imide groups is 1. The van der Waals surface area contributed by atoms with E-state index in [2.05, 4.69) is 22.5 Å². The number of carbonyl (C=O) groups is 3. The number of carbonyl (C=O) groups excluding carboxylic acids is 3. The molecule has 2 fully saturated rings. The van der Waals surface area contributed by atoms with Crippen LogP contribution in [0.25, 0.3) is 0 Å². The van der Waals surface area contributed by atoms with E-state index < -0.39 is 11.6 Å². The second-order valence-electron chi connectivity index (χ2n) is 7.45. The first-order valence-corrected chi connectivity index (χ1v) is 10.1. The highest BCUT2D eigenvalue weighted by atomic mass is 16.2. The van der Waals surface area contributed by atoms with Gasteiger partial charge in [-0.1, -0.05) is 33.6 Å². The van der Waals surface area contributed by atoms with Gasteiger partial charge in [0.25, 0.3) is 5.91 Å². The van der Waals surface area contributed by atoms with E-state index in [-0.39, 0.29) is 18.4 Å². The van der Waals surface area contributed by atoms with Crippen LogP contribution in [0.3, 0.4) is 0 Å². The number of hydrogen-bond acceptors (Lipinski definition) is 4. The number of nitrogens with zero attached hydrogens (tertiary/aromatic N) is 2. The molecule has 1 atom stereocenters. The quantitative estimate of drug-likeness (QED) is 0.611.